The van der Waals surface area contributed by atoms with Crippen LogP contribution in [0.1, 0.15) is 104 Å². The largest absolute Gasteiger partial charge is 0.462 e. The van der Waals surface area contributed by atoms with Gasteiger partial charge in [0.2, 0.25) is 0 Å². The van der Waals surface area contributed by atoms with Gasteiger partial charge < -0.3 is 9.64 Å². The summed E-state index contributed by atoms with van der Waals surface area (Å²) in [5, 5.41) is 0. The van der Waals surface area contributed by atoms with Crippen LogP contribution in [0.3, 0.4) is 0 Å². The molecule has 25 heavy (non-hydrogen) atoms. The molecular weight excluding hydrogens is 310 g/mol. The number of unbranched alkanes of at least 4 members (excludes halogenated alkanes) is 13. The fourth-order valence-electron chi connectivity index (χ4n) is 3.02. The van der Waals surface area contributed by atoms with Crippen LogP contribution in [0.25, 0.3) is 0 Å². The molecule has 0 atom stereocenters. The molecule has 0 amide bonds. The van der Waals surface area contributed by atoms with Crippen molar-refractivity contribution in [1.82, 2.24) is 4.90 Å². The van der Waals surface area contributed by atoms with Crippen LogP contribution >= 0.6 is 0 Å². The van der Waals surface area contributed by atoms with Crippen LogP contribution < -0.4 is 0 Å². The van der Waals surface area contributed by atoms with E-state index in [4.69, 9.17) is 4.74 Å². The number of carbonyl (C=O) groups is 1. The molecule has 0 unspecified atom stereocenters. The Labute approximate surface area is 157 Å². The molecule has 0 saturated carbocycles. The van der Waals surface area contributed by atoms with Crippen molar-refractivity contribution in [2.24, 2.45) is 0 Å². The van der Waals surface area contributed by atoms with E-state index >= 15 is 0 Å². The molecule has 0 saturated heterocycles. The molecule has 0 fully saturated rings. The number of nitrogens with zero attached hydrogens (tertiary/aromatic N) is 1. The lowest BCUT2D eigenvalue weighted by atomic mass is 10.0. The minimum atomic E-state index is -0.191. The lowest BCUT2D eigenvalue weighted by Gasteiger charge is -2.08. The molecule has 0 aromatic rings. The summed E-state index contributed by atoms with van der Waals surface area (Å²) in [6.07, 6.45) is 20.6. The molecule has 3 heteroatoms. The smallest absolute Gasteiger partial charge is 0.335 e. The second-order valence-corrected chi connectivity index (χ2v) is 7.51. The van der Waals surface area contributed by atoms with Gasteiger partial charge in [0.25, 0.3) is 0 Å². The van der Waals surface area contributed by atoms with E-state index in [-0.39, 0.29) is 5.97 Å². The third-order valence-electron chi connectivity index (χ3n) is 4.50. The standard InChI is InChI=1S/C22H43NO2/c1-5-6-7-8-9-10-11-12-13-14-15-16-17-18-19-25-22(24)21(2)20-23(3)4/h20H,5-19H2,1-4H3/b21-20+. The zero-order chi connectivity index (χ0) is 18.8. The molecule has 0 aliphatic rings. The van der Waals surface area contributed by atoms with Crippen molar-refractivity contribution >= 4 is 5.97 Å². The van der Waals surface area contributed by atoms with Crippen molar-refractivity contribution in [3.05, 3.63) is 11.8 Å². The summed E-state index contributed by atoms with van der Waals surface area (Å²) >= 11 is 0. The maximum absolute atomic E-state index is 11.7. The van der Waals surface area contributed by atoms with E-state index in [0.29, 0.717) is 12.2 Å². The number of esters is 1. The first-order valence-electron chi connectivity index (χ1n) is 10.6. The predicted octanol–water partition coefficient (Wildman–Crippen LogP) is 6.48. The Morgan fingerprint density at radius 1 is 0.760 bits per heavy atom. The molecule has 0 N–H and O–H groups in total. The Morgan fingerprint density at radius 3 is 1.56 bits per heavy atom. The molecule has 0 radical (unpaired) electrons. The summed E-state index contributed by atoms with van der Waals surface area (Å²) in [4.78, 5) is 13.6. The van der Waals surface area contributed by atoms with Gasteiger partial charge in [-0.25, -0.2) is 4.79 Å². The zero-order valence-corrected chi connectivity index (χ0v) is 17.4. The average molecular weight is 354 g/mol. The van der Waals surface area contributed by atoms with Gasteiger partial charge in [-0.15, -0.1) is 0 Å². The average Bonchev–Trinajstić information content (AvgIpc) is 2.57. The van der Waals surface area contributed by atoms with Gasteiger partial charge in [-0.2, -0.15) is 0 Å². The second kappa shape index (κ2) is 17.8. The normalized spacial score (nSPS) is 11.6. The SMILES string of the molecule is CCCCCCCCCCCCCCCCOC(=O)/C(C)=C/N(C)C. The Balaban J connectivity index is 3.25. The molecule has 148 valence electrons. The summed E-state index contributed by atoms with van der Waals surface area (Å²) in [7, 11) is 3.81. The number of hydrogen-bond acceptors (Lipinski definition) is 3. The number of rotatable bonds is 17. The maximum atomic E-state index is 11.7. The topological polar surface area (TPSA) is 29.5 Å². The van der Waals surface area contributed by atoms with Gasteiger partial charge in [0, 0.05) is 25.9 Å². The fourth-order valence-corrected chi connectivity index (χ4v) is 3.02. The van der Waals surface area contributed by atoms with E-state index in [1.165, 1.54) is 83.5 Å². The molecule has 3 nitrogen and oxygen atoms in total. The van der Waals surface area contributed by atoms with Crippen molar-refractivity contribution in [1.29, 1.82) is 0 Å². The van der Waals surface area contributed by atoms with Crippen LogP contribution in [0.5, 0.6) is 0 Å². The molecule has 0 bridgehead atoms. The minimum Gasteiger partial charge on any atom is -0.462 e. The number of carbonyl (C=O) groups excluding carboxylic acids is 1. The summed E-state index contributed by atoms with van der Waals surface area (Å²) < 4.78 is 5.28. The van der Waals surface area contributed by atoms with Gasteiger partial charge in [-0.05, 0) is 13.3 Å². The van der Waals surface area contributed by atoms with Crippen LogP contribution in [0.4, 0.5) is 0 Å². The van der Waals surface area contributed by atoms with Crippen molar-refractivity contribution in [2.75, 3.05) is 20.7 Å². The highest BCUT2D eigenvalue weighted by atomic mass is 16.5. The Kier molecular flexibility index (Phi) is 17.1. The molecular formula is C22H43NO2. The minimum absolute atomic E-state index is 0.191. The first-order valence-corrected chi connectivity index (χ1v) is 10.6. The quantitative estimate of drug-likeness (QED) is 0.170. The van der Waals surface area contributed by atoms with Gasteiger partial charge in [0.15, 0.2) is 0 Å². The van der Waals surface area contributed by atoms with Gasteiger partial charge in [-0.1, -0.05) is 90.4 Å². The fraction of sp³-hybridized carbons (Fsp3) is 0.864. The highest BCUT2D eigenvalue weighted by Gasteiger charge is 2.05. The van der Waals surface area contributed by atoms with Gasteiger partial charge in [-0.3, -0.25) is 0 Å². The van der Waals surface area contributed by atoms with Crippen molar-refractivity contribution in [2.45, 2.75) is 104 Å². The zero-order valence-electron chi connectivity index (χ0n) is 17.4. The summed E-state index contributed by atoms with van der Waals surface area (Å²) in [5.41, 5.74) is 0.662. The Hall–Kier alpha value is -0.990. The molecule has 0 aliphatic heterocycles. The van der Waals surface area contributed by atoms with E-state index in [1.807, 2.05) is 19.0 Å². The molecule has 0 aromatic carbocycles. The van der Waals surface area contributed by atoms with Crippen LogP contribution in [0.15, 0.2) is 11.8 Å². The van der Waals surface area contributed by atoms with E-state index in [9.17, 15) is 4.79 Å². The van der Waals surface area contributed by atoms with Crippen molar-refractivity contribution < 1.29 is 9.53 Å². The van der Waals surface area contributed by atoms with E-state index in [1.54, 1.807) is 13.1 Å². The van der Waals surface area contributed by atoms with Gasteiger partial charge >= 0.3 is 5.97 Å². The molecule has 0 aromatic heterocycles. The van der Waals surface area contributed by atoms with Crippen LogP contribution in [-0.2, 0) is 9.53 Å². The first-order chi connectivity index (χ1) is 12.1. The van der Waals surface area contributed by atoms with E-state index in [0.717, 1.165) is 6.42 Å². The number of ether oxygens (including phenoxy) is 1. The van der Waals surface area contributed by atoms with Crippen LogP contribution in [0, 0.1) is 0 Å². The predicted molar refractivity (Wildman–Crippen MR) is 109 cm³/mol. The second-order valence-electron chi connectivity index (χ2n) is 7.51. The first kappa shape index (κ1) is 24.0. The van der Waals surface area contributed by atoms with Crippen LogP contribution in [-0.4, -0.2) is 31.6 Å². The lowest BCUT2D eigenvalue weighted by Crippen LogP contribution is -2.11. The highest BCUT2D eigenvalue weighted by Crippen LogP contribution is 2.13. The van der Waals surface area contributed by atoms with E-state index < -0.39 is 0 Å². The highest BCUT2D eigenvalue weighted by molar-refractivity contribution is 5.87. The summed E-state index contributed by atoms with van der Waals surface area (Å²) in [6.45, 7) is 4.63. The molecule has 0 aliphatic carbocycles. The van der Waals surface area contributed by atoms with Crippen molar-refractivity contribution in [3.63, 3.8) is 0 Å². The van der Waals surface area contributed by atoms with Gasteiger partial charge in [0.1, 0.15) is 0 Å². The Morgan fingerprint density at radius 2 is 1.16 bits per heavy atom. The molecule has 0 heterocycles. The lowest BCUT2D eigenvalue weighted by molar-refractivity contribution is -0.139. The van der Waals surface area contributed by atoms with Crippen molar-refractivity contribution in [3.8, 4) is 0 Å². The number of hydrogen-bond donors (Lipinski definition) is 0. The molecule has 0 rings (SSSR count). The maximum Gasteiger partial charge on any atom is 0.335 e. The summed E-state index contributed by atoms with van der Waals surface area (Å²) in [6, 6.07) is 0. The monoisotopic (exact) mass is 353 g/mol. The van der Waals surface area contributed by atoms with Gasteiger partial charge in [0.05, 0.1) is 6.61 Å². The third kappa shape index (κ3) is 17.6. The van der Waals surface area contributed by atoms with E-state index in [2.05, 4.69) is 6.92 Å². The molecule has 0 spiro atoms. The summed E-state index contributed by atoms with van der Waals surface area (Å²) in [5.74, 6) is -0.191. The van der Waals surface area contributed by atoms with Crippen LogP contribution in [0.2, 0.25) is 0 Å². The Bertz CT molecular complexity index is 337. The third-order valence-corrected chi connectivity index (χ3v) is 4.50.